The maximum atomic E-state index is 3.37. The predicted octanol–water partition coefficient (Wildman–Crippen LogP) is 2.21. The molecule has 0 aromatic carbocycles. The molecule has 1 rings (SSSR count). The summed E-state index contributed by atoms with van der Waals surface area (Å²) in [6.07, 6.45) is 0. The third-order valence-electron chi connectivity index (χ3n) is 1.64. The Labute approximate surface area is 67.3 Å². The second-order valence-electron chi connectivity index (χ2n) is 2.92. The zero-order chi connectivity index (χ0) is 7.56. The minimum atomic E-state index is 0.692. The first-order valence-electron chi connectivity index (χ1n) is 3.79. The lowest BCUT2D eigenvalue weighted by Crippen LogP contribution is -2.21. The van der Waals surface area contributed by atoms with Crippen LogP contribution in [0.15, 0.2) is 10.6 Å². The number of nitrogens with one attached hydrogen (secondary N) is 1. The van der Waals surface area contributed by atoms with Crippen molar-refractivity contribution >= 4 is 11.8 Å². The van der Waals surface area contributed by atoms with Crippen molar-refractivity contribution in [3.8, 4) is 0 Å². The summed E-state index contributed by atoms with van der Waals surface area (Å²) >= 11 is 2.00. The first-order chi connectivity index (χ1) is 4.72. The Morgan fingerprint density at radius 3 is 2.60 bits per heavy atom. The molecule has 1 nitrogen and oxygen atoms in total. The van der Waals surface area contributed by atoms with Crippen LogP contribution in [0, 0.1) is 5.92 Å². The molecule has 0 aliphatic carbocycles. The van der Waals surface area contributed by atoms with E-state index in [1.807, 2.05) is 11.8 Å². The minimum Gasteiger partial charge on any atom is -0.387 e. The standard InChI is InChI=1S/C8H15NS/c1-6(2)8-7(3)9-4-5-10-8/h6,9H,4-5H2,1-3H3. The average Bonchev–Trinajstić information content (AvgIpc) is 1.88. The Kier molecular flexibility index (Phi) is 2.66. The average molecular weight is 157 g/mol. The molecular formula is C8H15NS. The molecule has 1 aliphatic rings. The molecule has 0 amide bonds. The van der Waals surface area contributed by atoms with E-state index in [1.54, 1.807) is 0 Å². The summed E-state index contributed by atoms with van der Waals surface area (Å²) in [5.74, 6) is 1.92. The molecule has 0 spiro atoms. The molecule has 1 aliphatic heterocycles. The zero-order valence-corrected chi connectivity index (χ0v) is 7.72. The lowest BCUT2D eigenvalue weighted by molar-refractivity contribution is 0.754. The van der Waals surface area contributed by atoms with Gasteiger partial charge in [0.25, 0.3) is 0 Å². The van der Waals surface area contributed by atoms with Crippen molar-refractivity contribution in [2.45, 2.75) is 20.8 Å². The van der Waals surface area contributed by atoms with E-state index >= 15 is 0 Å². The largest absolute Gasteiger partial charge is 0.387 e. The van der Waals surface area contributed by atoms with Gasteiger partial charge in [0, 0.05) is 22.9 Å². The quantitative estimate of drug-likeness (QED) is 0.626. The van der Waals surface area contributed by atoms with Gasteiger partial charge in [-0.05, 0) is 12.8 Å². The molecule has 0 radical (unpaired) electrons. The van der Waals surface area contributed by atoms with Crippen molar-refractivity contribution < 1.29 is 0 Å². The molecule has 0 unspecified atom stereocenters. The van der Waals surface area contributed by atoms with E-state index in [4.69, 9.17) is 0 Å². The molecule has 1 N–H and O–H groups in total. The summed E-state index contributed by atoms with van der Waals surface area (Å²) in [5, 5.41) is 3.37. The van der Waals surface area contributed by atoms with E-state index in [2.05, 4.69) is 26.1 Å². The van der Waals surface area contributed by atoms with Crippen LogP contribution in [0.1, 0.15) is 20.8 Å². The third kappa shape index (κ3) is 1.69. The number of rotatable bonds is 1. The molecule has 0 aromatic heterocycles. The number of allylic oxidation sites excluding steroid dienone is 2. The van der Waals surface area contributed by atoms with E-state index in [0.717, 1.165) is 6.54 Å². The van der Waals surface area contributed by atoms with Gasteiger partial charge in [-0.15, -0.1) is 11.8 Å². The van der Waals surface area contributed by atoms with Gasteiger partial charge in [-0.2, -0.15) is 0 Å². The van der Waals surface area contributed by atoms with Crippen LogP contribution in [0.25, 0.3) is 0 Å². The first kappa shape index (κ1) is 7.99. The molecule has 0 saturated heterocycles. The highest BCUT2D eigenvalue weighted by molar-refractivity contribution is 8.03. The van der Waals surface area contributed by atoms with Crippen molar-refractivity contribution in [1.82, 2.24) is 5.32 Å². The van der Waals surface area contributed by atoms with Crippen LogP contribution in [-0.4, -0.2) is 12.3 Å². The fourth-order valence-corrected chi connectivity index (χ4v) is 2.24. The van der Waals surface area contributed by atoms with Gasteiger partial charge in [-0.25, -0.2) is 0 Å². The molecule has 10 heavy (non-hydrogen) atoms. The zero-order valence-electron chi connectivity index (χ0n) is 6.90. The minimum absolute atomic E-state index is 0.692. The highest BCUT2D eigenvalue weighted by atomic mass is 32.2. The molecular weight excluding hydrogens is 142 g/mol. The summed E-state index contributed by atoms with van der Waals surface area (Å²) in [4.78, 5) is 1.53. The van der Waals surface area contributed by atoms with Crippen LogP contribution in [0.3, 0.4) is 0 Å². The fourth-order valence-electron chi connectivity index (χ4n) is 1.19. The maximum Gasteiger partial charge on any atom is 0.0238 e. The van der Waals surface area contributed by atoms with Crippen molar-refractivity contribution in [3.05, 3.63) is 10.6 Å². The fraction of sp³-hybridized carbons (Fsp3) is 0.750. The summed E-state index contributed by atoms with van der Waals surface area (Å²) in [6.45, 7) is 7.80. The normalized spacial score (nSPS) is 19.6. The Hall–Kier alpha value is -0.110. The lowest BCUT2D eigenvalue weighted by Gasteiger charge is -2.21. The van der Waals surface area contributed by atoms with Crippen LogP contribution in [0.2, 0.25) is 0 Å². The summed E-state index contributed by atoms with van der Waals surface area (Å²) in [7, 11) is 0. The van der Waals surface area contributed by atoms with Gasteiger partial charge in [0.1, 0.15) is 0 Å². The third-order valence-corrected chi connectivity index (χ3v) is 3.14. The molecule has 0 saturated carbocycles. The monoisotopic (exact) mass is 157 g/mol. The van der Waals surface area contributed by atoms with Gasteiger partial charge in [-0.1, -0.05) is 13.8 Å². The van der Waals surface area contributed by atoms with Crippen molar-refractivity contribution in [2.75, 3.05) is 12.3 Å². The van der Waals surface area contributed by atoms with Crippen molar-refractivity contribution in [2.24, 2.45) is 5.92 Å². The molecule has 58 valence electrons. The van der Waals surface area contributed by atoms with Crippen LogP contribution >= 0.6 is 11.8 Å². The summed E-state index contributed by atoms with van der Waals surface area (Å²) in [6, 6.07) is 0. The Balaban J connectivity index is 2.68. The molecule has 1 heterocycles. The highest BCUT2D eigenvalue weighted by Crippen LogP contribution is 2.28. The molecule has 0 bridgehead atoms. The van der Waals surface area contributed by atoms with Gasteiger partial charge in [0.2, 0.25) is 0 Å². The van der Waals surface area contributed by atoms with E-state index in [1.165, 1.54) is 16.4 Å². The Morgan fingerprint density at radius 2 is 2.20 bits per heavy atom. The van der Waals surface area contributed by atoms with Crippen LogP contribution in [0.4, 0.5) is 0 Å². The Bertz CT molecular complexity index is 149. The van der Waals surface area contributed by atoms with Gasteiger partial charge < -0.3 is 5.32 Å². The maximum absolute atomic E-state index is 3.37. The predicted molar refractivity (Wildman–Crippen MR) is 48.0 cm³/mol. The highest BCUT2D eigenvalue weighted by Gasteiger charge is 2.11. The van der Waals surface area contributed by atoms with Gasteiger partial charge in [-0.3, -0.25) is 0 Å². The molecule has 0 aromatic rings. The van der Waals surface area contributed by atoms with Crippen LogP contribution in [0.5, 0.6) is 0 Å². The second kappa shape index (κ2) is 3.33. The lowest BCUT2D eigenvalue weighted by atomic mass is 10.2. The molecule has 0 fully saturated rings. The number of hydrogen-bond acceptors (Lipinski definition) is 2. The van der Waals surface area contributed by atoms with E-state index < -0.39 is 0 Å². The molecule has 0 atom stereocenters. The number of thioether (sulfide) groups is 1. The summed E-state index contributed by atoms with van der Waals surface area (Å²) in [5.41, 5.74) is 1.38. The SMILES string of the molecule is CC1=C(C(C)C)SCCN1. The molecule has 2 heteroatoms. The van der Waals surface area contributed by atoms with Crippen molar-refractivity contribution in [3.63, 3.8) is 0 Å². The topological polar surface area (TPSA) is 12.0 Å². The van der Waals surface area contributed by atoms with E-state index in [9.17, 15) is 0 Å². The van der Waals surface area contributed by atoms with Gasteiger partial charge in [0.15, 0.2) is 0 Å². The number of hydrogen-bond donors (Lipinski definition) is 1. The second-order valence-corrected chi connectivity index (χ2v) is 4.06. The van der Waals surface area contributed by atoms with E-state index in [0.29, 0.717) is 5.92 Å². The van der Waals surface area contributed by atoms with Crippen molar-refractivity contribution in [1.29, 1.82) is 0 Å². The van der Waals surface area contributed by atoms with Crippen LogP contribution in [-0.2, 0) is 0 Å². The van der Waals surface area contributed by atoms with Gasteiger partial charge >= 0.3 is 0 Å². The first-order valence-corrected chi connectivity index (χ1v) is 4.78. The van der Waals surface area contributed by atoms with Crippen LogP contribution < -0.4 is 5.32 Å². The van der Waals surface area contributed by atoms with Gasteiger partial charge in [0.05, 0.1) is 0 Å². The summed E-state index contributed by atoms with van der Waals surface area (Å²) < 4.78 is 0. The Morgan fingerprint density at radius 1 is 1.50 bits per heavy atom. The van der Waals surface area contributed by atoms with E-state index in [-0.39, 0.29) is 0 Å². The smallest absolute Gasteiger partial charge is 0.0238 e.